The molecule has 0 aromatic heterocycles. The Morgan fingerprint density at radius 2 is 1.47 bits per heavy atom. The molecule has 0 aromatic rings. The minimum atomic E-state index is 0.695. The van der Waals surface area contributed by atoms with Crippen LogP contribution in [0.5, 0.6) is 0 Å². The van der Waals surface area contributed by atoms with Crippen LogP contribution in [0.15, 0.2) is 0 Å². The van der Waals surface area contributed by atoms with Crippen LogP contribution in [0.2, 0.25) is 0 Å². The van der Waals surface area contributed by atoms with Gasteiger partial charge in [-0.25, -0.2) is 0 Å². The molecule has 1 atom stereocenters. The number of hydrogen-bond acceptors (Lipinski definition) is 2. The van der Waals surface area contributed by atoms with Crippen LogP contribution in [0.25, 0.3) is 0 Å². The van der Waals surface area contributed by atoms with Gasteiger partial charge in [-0.15, -0.1) is 0 Å². The SMILES string of the molecule is CCC(CC)C(CNC1CCCCCCC1)N(C)C. The molecule has 1 unspecified atom stereocenters. The summed E-state index contributed by atoms with van der Waals surface area (Å²) in [5, 5.41) is 3.88. The molecule has 2 heteroatoms. The molecular weight excluding hydrogens is 232 g/mol. The number of hydrogen-bond donors (Lipinski definition) is 1. The first kappa shape index (κ1) is 17.0. The first-order valence-corrected chi connectivity index (χ1v) is 8.58. The highest BCUT2D eigenvalue weighted by Gasteiger charge is 2.21. The monoisotopic (exact) mass is 268 g/mol. The Bertz CT molecular complexity index is 203. The highest BCUT2D eigenvalue weighted by Crippen LogP contribution is 2.19. The van der Waals surface area contributed by atoms with E-state index < -0.39 is 0 Å². The zero-order chi connectivity index (χ0) is 14.1. The van der Waals surface area contributed by atoms with Gasteiger partial charge < -0.3 is 10.2 Å². The fourth-order valence-electron chi connectivity index (χ4n) is 3.55. The van der Waals surface area contributed by atoms with Crippen LogP contribution < -0.4 is 5.32 Å². The van der Waals surface area contributed by atoms with Crippen molar-refractivity contribution >= 4 is 0 Å². The minimum Gasteiger partial charge on any atom is -0.312 e. The first-order chi connectivity index (χ1) is 9.19. The molecule has 1 aliphatic rings. The second-order valence-corrected chi connectivity index (χ2v) is 6.56. The molecule has 0 radical (unpaired) electrons. The van der Waals surface area contributed by atoms with Crippen molar-refractivity contribution in [2.45, 2.75) is 83.7 Å². The number of likely N-dealkylation sites (N-methyl/N-ethyl adjacent to an activating group) is 1. The van der Waals surface area contributed by atoms with Crippen molar-refractivity contribution in [3.63, 3.8) is 0 Å². The van der Waals surface area contributed by atoms with E-state index in [1.165, 1.54) is 64.3 Å². The minimum absolute atomic E-state index is 0.695. The van der Waals surface area contributed by atoms with Crippen LogP contribution in [-0.2, 0) is 0 Å². The lowest BCUT2D eigenvalue weighted by Crippen LogP contribution is -2.46. The summed E-state index contributed by atoms with van der Waals surface area (Å²) < 4.78 is 0. The second kappa shape index (κ2) is 9.77. The first-order valence-electron chi connectivity index (χ1n) is 8.58. The standard InChI is InChI=1S/C17H36N2/c1-5-15(6-2)17(19(3)4)14-18-16-12-10-8-7-9-11-13-16/h15-18H,5-14H2,1-4H3. The third kappa shape index (κ3) is 6.27. The molecule has 0 aromatic carbocycles. The summed E-state index contributed by atoms with van der Waals surface area (Å²) in [4.78, 5) is 2.42. The van der Waals surface area contributed by atoms with Crippen molar-refractivity contribution in [3.8, 4) is 0 Å². The van der Waals surface area contributed by atoms with Gasteiger partial charge in [-0.1, -0.05) is 58.8 Å². The highest BCUT2D eigenvalue weighted by molar-refractivity contribution is 4.80. The van der Waals surface area contributed by atoms with E-state index >= 15 is 0 Å². The van der Waals surface area contributed by atoms with Crippen molar-refractivity contribution < 1.29 is 0 Å². The average Bonchev–Trinajstić information content (AvgIpc) is 2.35. The maximum Gasteiger partial charge on any atom is 0.0242 e. The zero-order valence-electron chi connectivity index (χ0n) is 13.8. The van der Waals surface area contributed by atoms with Crippen LogP contribution in [0.1, 0.15) is 71.6 Å². The van der Waals surface area contributed by atoms with Crippen molar-refractivity contribution in [1.29, 1.82) is 0 Å². The highest BCUT2D eigenvalue weighted by atomic mass is 15.1. The van der Waals surface area contributed by atoms with Gasteiger partial charge in [0.25, 0.3) is 0 Å². The third-order valence-electron chi connectivity index (χ3n) is 4.98. The lowest BCUT2D eigenvalue weighted by Gasteiger charge is -2.33. The summed E-state index contributed by atoms with van der Waals surface area (Å²) in [6.45, 7) is 5.84. The topological polar surface area (TPSA) is 15.3 Å². The molecule has 1 aliphatic carbocycles. The maximum atomic E-state index is 3.88. The molecule has 0 aliphatic heterocycles. The van der Waals surface area contributed by atoms with Crippen molar-refractivity contribution in [2.24, 2.45) is 5.92 Å². The smallest absolute Gasteiger partial charge is 0.0242 e. The van der Waals surface area contributed by atoms with Gasteiger partial charge in [-0.05, 0) is 32.9 Å². The predicted molar refractivity (Wildman–Crippen MR) is 85.7 cm³/mol. The zero-order valence-corrected chi connectivity index (χ0v) is 13.8. The summed E-state index contributed by atoms with van der Waals surface area (Å²) in [6, 6.07) is 1.47. The number of nitrogens with one attached hydrogen (secondary N) is 1. The van der Waals surface area contributed by atoms with Gasteiger partial charge in [0, 0.05) is 18.6 Å². The molecule has 2 nitrogen and oxygen atoms in total. The Morgan fingerprint density at radius 3 is 1.95 bits per heavy atom. The molecule has 1 rings (SSSR count). The summed E-state index contributed by atoms with van der Waals surface area (Å²) >= 11 is 0. The molecule has 114 valence electrons. The van der Waals surface area contributed by atoms with E-state index in [1.54, 1.807) is 0 Å². The molecular formula is C17H36N2. The van der Waals surface area contributed by atoms with E-state index in [0.29, 0.717) is 6.04 Å². The molecule has 1 N–H and O–H groups in total. The van der Waals surface area contributed by atoms with E-state index in [9.17, 15) is 0 Å². The van der Waals surface area contributed by atoms with Crippen LogP contribution in [0, 0.1) is 5.92 Å². The van der Waals surface area contributed by atoms with Gasteiger partial charge in [-0.3, -0.25) is 0 Å². The van der Waals surface area contributed by atoms with E-state index in [1.807, 2.05) is 0 Å². The lowest BCUT2D eigenvalue weighted by molar-refractivity contribution is 0.186. The normalized spacial score (nSPS) is 20.5. The van der Waals surface area contributed by atoms with Crippen molar-refractivity contribution in [1.82, 2.24) is 10.2 Å². The fourth-order valence-corrected chi connectivity index (χ4v) is 3.55. The van der Waals surface area contributed by atoms with E-state index in [2.05, 4.69) is 38.2 Å². The molecule has 0 spiro atoms. The quantitative estimate of drug-likeness (QED) is 0.749. The molecule has 0 bridgehead atoms. The molecule has 1 saturated carbocycles. The lowest BCUT2D eigenvalue weighted by atomic mass is 9.92. The van der Waals surface area contributed by atoms with Crippen molar-refractivity contribution in [3.05, 3.63) is 0 Å². The molecule has 0 heterocycles. The second-order valence-electron chi connectivity index (χ2n) is 6.56. The van der Waals surface area contributed by atoms with Crippen molar-refractivity contribution in [2.75, 3.05) is 20.6 Å². The predicted octanol–water partition coefficient (Wildman–Crippen LogP) is 4.06. The van der Waals surface area contributed by atoms with Gasteiger partial charge in [0.1, 0.15) is 0 Å². The van der Waals surface area contributed by atoms with Crippen LogP contribution >= 0.6 is 0 Å². The summed E-state index contributed by atoms with van der Waals surface area (Å²) in [7, 11) is 4.48. The molecule has 0 saturated heterocycles. The molecule has 0 amide bonds. The molecule has 19 heavy (non-hydrogen) atoms. The van der Waals surface area contributed by atoms with Gasteiger partial charge in [-0.2, -0.15) is 0 Å². The summed E-state index contributed by atoms with van der Waals surface area (Å²) in [6.07, 6.45) is 12.6. The number of nitrogens with zero attached hydrogens (tertiary/aromatic N) is 1. The van der Waals surface area contributed by atoms with Gasteiger partial charge in [0.05, 0.1) is 0 Å². The van der Waals surface area contributed by atoms with Crippen LogP contribution in [-0.4, -0.2) is 37.6 Å². The third-order valence-corrected chi connectivity index (χ3v) is 4.98. The van der Waals surface area contributed by atoms with E-state index in [-0.39, 0.29) is 0 Å². The Hall–Kier alpha value is -0.0800. The van der Waals surface area contributed by atoms with Gasteiger partial charge in [0.15, 0.2) is 0 Å². The van der Waals surface area contributed by atoms with Crippen LogP contribution in [0.4, 0.5) is 0 Å². The number of rotatable bonds is 7. The Morgan fingerprint density at radius 1 is 0.947 bits per heavy atom. The van der Waals surface area contributed by atoms with Crippen LogP contribution in [0.3, 0.4) is 0 Å². The average molecular weight is 268 g/mol. The fraction of sp³-hybridized carbons (Fsp3) is 1.00. The van der Waals surface area contributed by atoms with Gasteiger partial charge >= 0.3 is 0 Å². The Labute approximate surface area is 121 Å². The van der Waals surface area contributed by atoms with Gasteiger partial charge in [0.2, 0.25) is 0 Å². The Balaban J connectivity index is 2.40. The molecule has 1 fully saturated rings. The Kier molecular flexibility index (Phi) is 8.72. The van der Waals surface area contributed by atoms with E-state index in [4.69, 9.17) is 0 Å². The maximum absolute atomic E-state index is 3.88. The summed E-state index contributed by atoms with van der Waals surface area (Å²) in [5.41, 5.74) is 0. The largest absolute Gasteiger partial charge is 0.312 e. The van der Waals surface area contributed by atoms with E-state index in [0.717, 1.165) is 12.0 Å². The summed E-state index contributed by atoms with van der Waals surface area (Å²) in [5.74, 6) is 0.830.